The number of hydrogen-bond acceptors (Lipinski definition) is 4. The molecule has 1 aliphatic rings. The molecule has 1 aliphatic carbocycles. The van der Waals surface area contributed by atoms with E-state index in [-0.39, 0.29) is 12.5 Å². The number of aliphatic hydroxyl groups excluding tert-OH is 1. The number of aliphatic hydroxyl groups is 1. The highest BCUT2D eigenvalue weighted by Crippen LogP contribution is 2.30. The summed E-state index contributed by atoms with van der Waals surface area (Å²) in [6.07, 6.45) is 7.32. The fourth-order valence-electron chi connectivity index (χ4n) is 3.98. The number of benzene rings is 1. The minimum atomic E-state index is -2.92. The molecule has 1 aromatic carbocycles. The van der Waals surface area contributed by atoms with Crippen molar-refractivity contribution in [1.29, 1.82) is 0 Å². The minimum Gasteiger partial charge on any atom is -0.396 e. The maximum Gasteiger partial charge on any atom is 0.150 e. The number of hydrogen-bond donors (Lipinski definition) is 2. The molecule has 4 nitrogen and oxygen atoms in total. The summed E-state index contributed by atoms with van der Waals surface area (Å²) in [5.41, 5.74) is 9.93. The molecule has 2 rings (SSSR count). The second-order valence-corrected chi connectivity index (χ2v) is 9.99. The summed E-state index contributed by atoms with van der Waals surface area (Å²) in [5.74, 6) is 1.27. The van der Waals surface area contributed by atoms with Gasteiger partial charge in [-0.1, -0.05) is 38.0 Å². The second-order valence-electron chi connectivity index (χ2n) is 7.76. The molecule has 0 heterocycles. The third kappa shape index (κ3) is 6.36. The molecule has 2 atom stereocenters. The van der Waals surface area contributed by atoms with Crippen molar-refractivity contribution >= 4 is 9.84 Å². The van der Waals surface area contributed by atoms with Gasteiger partial charge in [-0.15, -0.1) is 0 Å². The zero-order valence-corrected chi connectivity index (χ0v) is 16.9. The standard InChI is InChI=1S/C21H35NO3S/c1-2-3-12-26(24,25)16-17-7-8-19-14-20(10-9-18(19)13-17)21(15-22)6-4-5-11-23/h9-10,14,17,21,23H,2-8,11-13,15-16,22H2,1H3/t17-,21+/m1/s1. The summed E-state index contributed by atoms with van der Waals surface area (Å²) < 4.78 is 24.5. The molecule has 0 aromatic heterocycles. The highest BCUT2D eigenvalue weighted by Gasteiger charge is 2.24. The van der Waals surface area contributed by atoms with Crippen LogP contribution in [0, 0.1) is 5.92 Å². The first-order valence-electron chi connectivity index (χ1n) is 10.1. The van der Waals surface area contributed by atoms with E-state index in [0.29, 0.717) is 24.0 Å². The molecular formula is C21H35NO3S. The third-order valence-corrected chi connectivity index (χ3v) is 7.47. The second kappa shape index (κ2) is 10.4. The smallest absolute Gasteiger partial charge is 0.150 e. The summed E-state index contributed by atoms with van der Waals surface area (Å²) in [4.78, 5) is 0. The van der Waals surface area contributed by atoms with Crippen molar-refractivity contribution in [2.24, 2.45) is 11.7 Å². The van der Waals surface area contributed by atoms with E-state index in [4.69, 9.17) is 10.8 Å². The van der Waals surface area contributed by atoms with Gasteiger partial charge in [0.1, 0.15) is 0 Å². The maximum atomic E-state index is 12.2. The van der Waals surface area contributed by atoms with Crippen LogP contribution in [0.1, 0.15) is 68.1 Å². The van der Waals surface area contributed by atoms with E-state index >= 15 is 0 Å². The van der Waals surface area contributed by atoms with E-state index < -0.39 is 9.84 Å². The molecule has 0 saturated carbocycles. The van der Waals surface area contributed by atoms with Gasteiger partial charge in [0.2, 0.25) is 0 Å². The summed E-state index contributed by atoms with van der Waals surface area (Å²) in [7, 11) is -2.92. The molecule has 26 heavy (non-hydrogen) atoms. The third-order valence-electron chi connectivity index (χ3n) is 5.58. The van der Waals surface area contributed by atoms with Crippen LogP contribution in [0.2, 0.25) is 0 Å². The number of unbranched alkanes of at least 4 members (excludes halogenated alkanes) is 2. The van der Waals surface area contributed by atoms with Crippen LogP contribution >= 0.6 is 0 Å². The van der Waals surface area contributed by atoms with Crippen LogP contribution < -0.4 is 5.73 Å². The van der Waals surface area contributed by atoms with E-state index in [1.807, 2.05) is 6.92 Å². The quantitative estimate of drug-likeness (QED) is 0.577. The average Bonchev–Trinajstić information content (AvgIpc) is 2.63. The van der Waals surface area contributed by atoms with E-state index in [9.17, 15) is 8.42 Å². The van der Waals surface area contributed by atoms with Gasteiger partial charge >= 0.3 is 0 Å². The molecule has 0 saturated heterocycles. The zero-order chi connectivity index (χ0) is 19.0. The number of nitrogens with two attached hydrogens (primary N) is 1. The van der Waals surface area contributed by atoms with E-state index in [1.165, 1.54) is 16.7 Å². The summed E-state index contributed by atoms with van der Waals surface area (Å²) in [6, 6.07) is 6.64. The SMILES string of the molecule is CCCCS(=O)(=O)C[C@@H]1CCc2cc([C@H](CN)CCCCO)ccc2C1. The average molecular weight is 382 g/mol. The molecule has 0 amide bonds. The molecule has 0 bridgehead atoms. The lowest BCUT2D eigenvalue weighted by atomic mass is 9.82. The molecule has 0 fully saturated rings. The van der Waals surface area contributed by atoms with E-state index in [1.54, 1.807) is 0 Å². The van der Waals surface area contributed by atoms with Crippen molar-refractivity contribution in [3.63, 3.8) is 0 Å². The Morgan fingerprint density at radius 1 is 1.23 bits per heavy atom. The Balaban J connectivity index is 2.00. The lowest BCUT2D eigenvalue weighted by molar-refractivity contribution is 0.281. The molecule has 148 valence electrons. The van der Waals surface area contributed by atoms with Crippen LogP contribution in [-0.2, 0) is 22.7 Å². The van der Waals surface area contributed by atoms with Crippen LogP contribution in [0.15, 0.2) is 18.2 Å². The normalized spacial score (nSPS) is 18.5. The molecule has 0 aliphatic heterocycles. The monoisotopic (exact) mass is 381 g/mol. The lowest BCUT2D eigenvalue weighted by Crippen LogP contribution is -2.24. The summed E-state index contributed by atoms with van der Waals surface area (Å²) >= 11 is 0. The number of sulfone groups is 1. The van der Waals surface area contributed by atoms with Gasteiger partial charge in [-0.05, 0) is 73.6 Å². The zero-order valence-electron chi connectivity index (χ0n) is 16.1. The highest BCUT2D eigenvalue weighted by molar-refractivity contribution is 7.91. The first-order chi connectivity index (χ1) is 12.5. The lowest BCUT2D eigenvalue weighted by Gasteiger charge is -2.26. The van der Waals surface area contributed by atoms with Gasteiger partial charge in [0.25, 0.3) is 0 Å². The Bertz CT molecular complexity index is 657. The first-order valence-corrected chi connectivity index (χ1v) is 11.9. The predicted octanol–water partition coefficient (Wildman–Crippen LogP) is 3.21. The number of aryl methyl sites for hydroxylation is 1. The van der Waals surface area contributed by atoms with Gasteiger partial charge in [-0.25, -0.2) is 8.42 Å². The molecule has 3 N–H and O–H groups in total. The van der Waals surface area contributed by atoms with Crippen molar-refractivity contribution in [1.82, 2.24) is 0 Å². The largest absolute Gasteiger partial charge is 0.396 e. The minimum absolute atomic E-state index is 0.240. The molecule has 0 unspecified atom stereocenters. The van der Waals surface area contributed by atoms with Crippen molar-refractivity contribution in [2.45, 2.75) is 64.2 Å². The molecule has 0 spiro atoms. The van der Waals surface area contributed by atoms with Crippen LogP contribution in [0.5, 0.6) is 0 Å². The van der Waals surface area contributed by atoms with Crippen LogP contribution in [-0.4, -0.2) is 38.2 Å². The van der Waals surface area contributed by atoms with Crippen molar-refractivity contribution in [3.05, 3.63) is 34.9 Å². The van der Waals surface area contributed by atoms with E-state index in [0.717, 1.165) is 51.4 Å². The molecule has 1 aromatic rings. The Morgan fingerprint density at radius 2 is 2.04 bits per heavy atom. The topological polar surface area (TPSA) is 80.4 Å². The Kier molecular flexibility index (Phi) is 8.58. The maximum absolute atomic E-state index is 12.2. The van der Waals surface area contributed by atoms with Gasteiger partial charge < -0.3 is 10.8 Å². The Hall–Kier alpha value is -0.910. The first kappa shape index (κ1) is 21.4. The van der Waals surface area contributed by atoms with Gasteiger partial charge in [0.05, 0.1) is 11.5 Å². The van der Waals surface area contributed by atoms with Gasteiger partial charge in [0.15, 0.2) is 9.84 Å². The van der Waals surface area contributed by atoms with Crippen LogP contribution in [0.25, 0.3) is 0 Å². The van der Waals surface area contributed by atoms with Crippen LogP contribution in [0.4, 0.5) is 0 Å². The molecular weight excluding hydrogens is 346 g/mol. The summed E-state index contributed by atoms with van der Waals surface area (Å²) in [6.45, 7) is 2.90. The van der Waals surface area contributed by atoms with Crippen molar-refractivity contribution < 1.29 is 13.5 Å². The summed E-state index contributed by atoms with van der Waals surface area (Å²) in [5, 5.41) is 8.96. The van der Waals surface area contributed by atoms with Gasteiger partial charge in [0, 0.05) is 6.61 Å². The highest BCUT2D eigenvalue weighted by atomic mass is 32.2. The van der Waals surface area contributed by atoms with E-state index in [2.05, 4.69) is 18.2 Å². The Morgan fingerprint density at radius 3 is 2.73 bits per heavy atom. The fourth-order valence-corrected chi connectivity index (χ4v) is 5.87. The number of rotatable bonds is 11. The predicted molar refractivity (Wildman–Crippen MR) is 108 cm³/mol. The Labute approximate surface area is 159 Å². The molecule has 0 radical (unpaired) electrons. The van der Waals surface area contributed by atoms with Crippen molar-refractivity contribution in [2.75, 3.05) is 24.7 Å². The fraction of sp³-hybridized carbons (Fsp3) is 0.714. The van der Waals surface area contributed by atoms with Crippen LogP contribution in [0.3, 0.4) is 0 Å². The number of fused-ring (bicyclic) bond motifs is 1. The van der Waals surface area contributed by atoms with Gasteiger partial charge in [-0.2, -0.15) is 0 Å². The molecule has 5 heteroatoms. The van der Waals surface area contributed by atoms with Gasteiger partial charge in [-0.3, -0.25) is 0 Å². The van der Waals surface area contributed by atoms with Crippen molar-refractivity contribution in [3.8, 4) is 0 Å².